The van der Waals surface area contributed by atoms with Crippen LogP contribution in [-0.4, -0.2) is 61.3 Å². The van der Waals surface area contributed by atoms with Gasteiger partial charge in [0.25, 0.3) is 0 Å². The molecular formula is C13H26N2O. The largest absolute Gasteiger partial charge is 0.381 e. The molecule has 0 N–H and O–H groups in total. The van der Waals surface area contributed by atoms with E-state index in [0.717, 1.165) is 6.04 Å². The van der Waals surface area contributed by atoms with Crippen LogP contribution >= 0.6 is 0 Å². The molecule has 2 fully saturated rings. The van der Waals surface area contributed by atoms with Crippen LogP contribution in [0.25, 0.3) is 0 Å². The molecule has 0 aromatic heterocycles. The average Bonchev–Trinajstić information content (AvgIpc) is 2.77. The Labute approximate surface area is 99.7 Å². The van der Waals surface area contributed by atoms with Crippen LogP contribution in [0.3, 0.4) is 0 Å². The van der Waals surface area contributed by atoms with Crippen molar-refractivity contribution in [3.8, 4) is 0 Å². The van der Waals surface area contributed by atoms with Gasteiger partial charge in [-0.25, -0.2) is 0 Å². The van der Waals surface area contributed by atoms with Crippen LogP contribution in [0.15, 0.2) is 0 Å². The lowest BCUT2D eigenvalue weighted by Gasteiger charge is -2.39. The number of rotatable bonds is 3. The molecule has 0 spiro atoms. The van der Waals surface area contributed by atoms with Crippen molar-refractivity contribution < 1.29 is 4.74 Å². The molecule has 94 valence electrons. The van der Waals surface area contributed by atoms with E-state index < -0.39 is 0 Å². The molecule has 3 nitrogen and oxygen atoms in total. The molecule has 1 saturated carbocycles. The van der Waals surface area contributed by atoms with Gasteiger partial charge in [-0.3, -0.25) is 9.80 Å². The third-order valence-corrected chi connectivity index (χ3v) is 4.29. The fourth-order valence-electron chi connectivity index (χ4n) is 3.08. The van der Waals surface area contributed by atoms with E-state index in [2.05, 4.69) is 23.6 Å². The maximum absolute atomic E-state index is 5.45. The van der Waals surface area contributed by atoms with Crippen LogP contribution < -0.4 is 0 Å². The Morgan fingerprint density at radius 3 is 2.25 bits per heavy atom. The van der Waals surface area contributed by atoms with Crippen molar-refractivity contribution >= 4 is 0 Å². The minimum Gasteiger partial charge on any atom is -0.381 e. The molecular weight excluding hydrogens is 200 g/mol. The van der Waals surface area contributed by atoms with Gasteiger partial charge in [0.05, 0.1) is 6.10 Å². The van der Waals surface area contributed by atoms with Crippen molar-refractivity contribution in [1.29, 1.82) is 0 Å². The summed E-state index contributed by atoms with van der Waals surface area (Å²) in [5.41, 5.74) is 0. The minimum absolute atomic E-state index is 0.521. The Bertz CT molecular complexity index is 212. The third-order valence-electron chi connectivity index (χ3n) is 4.29. The molecule has 1 saturated heterocycles. The van der Waals surface area contributed by atoms with Crippen LogP contribution in [0.2, 0.25) is 0 Å². The highest BCUT2D eigenvalue weighted by Crippen LogP contribution is 2.26. The summed E-state index contributed by atoms with van der Waals surface area (Å²) in [6.07, 6.45) is 4.36. The molecule has 0 amide bonds. The van der Waals surface area contributed by atoms with E-state index in [1.807, 2.05) is 7.11 Å². The lowest BCUT2D eigenvalue weighted by Crippen LogP contribution is -2.51. The Morgan fingerprint density at radius 1 is 1.06 bits per heavy atom. The highest BCUT2D eigenvalue weighted by Gasteiger charge is 2.31. The standard InChI is InChI=1S/C13H26N2O/c1-11(2)14-6-8-15(9-7-14)12-4-5-13(10-12)16-3/h11-13H,4-10H2,1-3H3. The van der Waals surface area contributed by atoms with Crippen molar-refractivity contribution in [1.82, 2.24) is 9.80 Å². The van der Waals surface area contributed by atoms with E-state index in [1.54, 1.807) is 0 Å². The summed E-state index contributed by atoms with van der Waals surface area (Å²) in [6, 6.07) is 1.50. The van der Waals surface area contributed by atoms with Crippen LogP contribution in [0.5, 0.6) is 0 Å². The molecule has 2 unspecified atom stereocenters. The van der Waals surface area contributed by atoms with Crippen LogP contribution in [0, 0.1) is 0 Å². The van der Waals surface area contributed by atoms with Crippen LogP contribution in [0.4, 0.5) is 0 Å². The van der Waals surface area contributed by atoms with Crippen molar-refractivity contribution in [3.63, 3.8) is 0 Å². The summed E-state index contributed by atoms with van der Waals surface area (Å²) in [6.45, 7) is 9.58. The maximum Gasteiger partial charge on any atom is 0.0586 e. The topological polar surface area (TPSA) is 15.7 Å². The molecule has 3 heteroatoms. The number of ether oxygens (including phenoxy) is 1. The maximum atomic E-state index is 5.45. The first-order chi connectivity index (χ1) is 7.70. The SMILES string of the molecule is COC1CCC(N2CCN(C(C)C)CC2)C1. The van der Waals surface area contributed by atoms with E-state index in [0.29, 0.717) is 12.1 Å². The van der Waals surface area contributed by atoms with Gasteiger partial charge in [-0.15, -0.1) is 0 Å². The first kappa shape index (κ1) is 12.3. The molecule has 2 rings (SSSR count). The second-order valence-corrected chi connectivity index (χ2v) is 5.49. The smallest absolute Gasteiger partial charge is 0.0586 e. The lowest BCUT2D eigenvalue weighted by molar-refractivity contribution is 0.0646. The van der Waals surface area contributed by atoms with E-state index in [9.17, 15) is 0 Å². The first-order valence-corrected chi connectivity index (χ1v) is 6.71. The summed E-state index contributed by atoms with van der Waals surface area (Å²) in [4.78, 5) is 5.26. The van der Waals surface area contributed by atoms with E-state index >= 15 is 0 Å². The predicted molar refractivity (Wildman–Crippen MR) is 66.7 cm³/mol. The Morgan fingerprint density at radius 2 is 1.75 bits per heavy atom. The zero-order valence-corrected chi connectivity index (χ0v) is 11.0. The quantitative estimate of drug-likeness (QED) is 0.726. The Hall–Kier alpha value is -0.120. The van der Waals surface area contributed by atoms with Gasteiger partial charge in [0.1, 0.15) is 0 Å². The molecule has 0 bridgehead atoms. The molecule has 0 aromatic rings. The number of nitrogens with zero attached hydrogens (tertiary/aromatic N) is 2. The van der Waals surface area contributed by atoms with Crippen molar-refractivity contribution in [2.45, 2.75) is 51.3 Å². The fourth-order valence-corrected chi connectivity index (χ4v) is 3.08. The Kier molecular flexibility index (Phi) is 4.22. The molecule has 2 atom stereocenters. The first-order valence-electron chi connectivity index (χ1n) is 6.71. The monoisotopic (exact) mass is 226 g/mol. The second kappa shape index (κ2) is 5.48. The van der Waals surface area contributed by atoms with Gasteiger partial charge in [-0.2, -0.15) is 0 Å². The molecule has 2 aliphatic rings. The van der Waals surface area contributed by atoms with E-state index in [-0.39, 0.29) is 0 Å². The minimum atomic E-state index is 0.521. The number of hydrogen-bond acceptors (Lipinski definition) is 3. The fraction of sp³-hybridized carbons (Fsp3) is 1.00. The summed E-state index contributed by atoms with van der Waals surface area (Å²) in [5.74, 6) is 0. The summed E-state index contributed by atoms with van der Waals surface area (Å²) in [7, 11) is 1.85. The van der Waals surface area contributed by atoms with Gasteiger partial charge in [-0.05, 0) is 33.1 Å². The molecule has 0 aromatic carbocycles. The molecule has 1 aliphatic heterocycles. The van der Waals surface area contributed by atoms with Gasteiger partial charge in [0, 0.05) is 45.4 Å². The number of methoxy groups -OCH3 is 1. The molecule has 1 heterocycles. The van der Waals surface area contributed by atoms with Crippen molar-refractivity contribution in [3.05, 3.63) is 0 Å². The number of hydrogen-bond donors (Lipinski definition) is 0. The predicted octanol–water partition coefficient (Wildman–Crippen LogP) is 1.58. The average molecular weight is 226 g/mol. The zero-order valence-electron chi connectivity index (χ0n) is 11.0. The van der Waals surface area contributed by atoms with Gasteiger partial charge in [0.15, 0.2) is 0 Å². The summed E-state index contributed by atoms with van der Waals surface area (Å²) >= 11 is 0. The van der Waals surface area contributed by atoms with Gasteiger partial charge < -0.3 is 4.74 Å². The number of piperazine rings is 1. The van der Waals surface area contributed by atoms with Gasteiger partial charge in [-0.1, -0.05) is 0 Å². The third kappa shape index (κ3) is 2.76. The van der Waals surface area contributed by atoms with E-state index in [4.69, 9.17) is 4.74 Å². The van der Waals surface area contributed by atoms with Crippen LogP contribution in [-0.2, 0) is 4.74 Å². The van der Waals surface area contributed by atoms with Crippen molar-refractivity contribution in [2.75, 3.05) is 33.3 Å². The zero-order chi connectivity index (χ0) is 11.5. The lowest BCUT2D eigenvalue weighted by atomic mass is 10.1. The highest BCUT2D eigenvalue weighted by atomic mass is 16.5. The van der Waals surface area contributed by atoms with Gasteiger partial charge in [0.2, 0.25) is 0 Å². The molecule has 16 heavy (non-hydrogen) atoms. The molecule has 1 aliphatic carbocycles. The van der Waals surface area contributed by atoms with Gasteiger partial charge >= 0.3 is 0 Å². The normalized spacial score (nSPS) is 33.8. The van der Waals surface area contributed by atoms with Crippen LogP contribution in [0.1, 0.15) is 33.1 Å². The summed E-state index contributed by atoms with van der Waals surface area (Å²) < 4.78 is 5.45. The second-order valence-electron chi connectivity index (χ2n) is 5.49. The Balaban J connectivity index is 1.77. The van der Waals surface area contributed by atoms with Crippen molar-refractivity contribution in [2.24, 2.45) is 0 Å². The summed E-state index contributed by atoms with van der Waals surface area (Å²) in [5, 5.41) is 0. The molecule has 0 radical (unpaired) electrons. The van der Waals surface area contributed by atoms with E-state index in [1.165, 1.54) is 45.4 Å². The highest BCUT2D eigenvalue weighted by molar-refractivity contribution is 4.86.